The van der Waals surface area contributed by atoms with Crippen molar-refractivity contribution < 1.29 is 19.4 Å². The number of hydrogen-bond acceptors (Lipinski definition) is 4. The van der Waals surface area contributed by atoms with E-state index in [0.717, 1.165) is 5.56 Å². The highest BCUT2D eigenvalue weighted by Crippen LogP contribution is 2.38. The van der Waals surface area contributed by atoms with Crippen LogP contribution in [0.3, 0.4) is 0 Å². The molecule has 1 heterocycles. The first-order chi connectivity index (χ1) is 9.33. The third-order valence-electron chi connectivity index (χ3n) is 3.96. The van der Waals surface area contributed by atoms with Crippen LogP contribution < -0.4 is 5.73 Å². The number of carbonyl (C=O) groups is 2. The number of ether oxygens (including phenoxy) is 1. The van der Waals surface area contributed by atoms with Crippen molar-refractivity contribution in [3.63, 3.8) is 0 Å². The molecule has 3 N–H and O–H groups in total. The highest BCUT2D eigenvalue weighted by Gasteiger charge is 2.52. The quantitative estimate of drug-likeness (QED) is 0.831. The van der Waals surface area contributed by atoms with Gasteiger partial charge < -0.3 is 9.84 Å². The van der Waals surface area contributed by atoms with Crippen molar-refractivity contribution >= 4 is 24.3 Å². The number of rotatable bonds is 3. The Labute approximate surface area is 129 Å². The van der Waals surface area contributed by atoms with Gasteiger partial charge >= 0.3 is 11.9 Å². The number of aliphatic carboxylic acids is 1. The van der Waals surface area contributed by atoms with Gasteiger partial charge in [0.25, 0.3) is 0 Å². The summed E-state index contributed by atoms with van der Waals surface area (Å²) < 4.78 is 5.09. The number of esters is 1. The van der Waals surface area contributed by atoms with Gasteiger partial charge in [0.15, 0.2) is 5.72 Å². The zero-order valence-corrected chi connectivity index (χ0v) is 12.8. The second kappa shape index (κ2) is 6.45. The molecule has 0 saturated carbocycles. The summed E-state index contributed by atoms with van der Waals surface area (Å²) in [5, 5.41) is 9.46. The van der Waals surface area contributed by atoms with Gasteiger partial charge in [0.05, 0.1) is 5.92 Å². The molecule has 5 nitrogen and oxygen atoms in total. The van der Waals surface area contributed by atoms with Crippen LogP contribution in [0.2, 0.25) is 0 Å². The first kappa shape index (κ1) is 17.5. The molecular weight excluding hydrogens is 294 g/mol. The van der Waals surface area contributed by atoms with Crippen molar-refractivity contribution in [1.82, 2.24) is 0 Å². The summed E-state index contributed by atoms with van der Waals surface area (Å²) in [6.07, 6.45) is 0.487. The normalized spacial score (nSPS) is 32.0. The van der Waals surface area contributed by atoms with Crippen LogP contribution >= 0.6 is 12.4 Å². The minimum absolute atomic E-state index is 0. The molecule has 0 aromatic heterocycles. The van der Waals surface area contributed by atoms with Crippen molar-refractivity contribution in [3.05, 3.63) is 35.9 Å². The molecule has 0 bridgehead atoms. The molecule has 0 aliphatic carbocycles. The Kier molecular flexibility index (Phi) is 5.36. The van der Waals surface area contributed by atoms with Crippen molar-refractivity contribution in [2.45, 2.75) is 26.0 Å². The lowest BCUT2D eigenvalue weighted by atomic mass is 9.72. The van der Waals surface area contributed by atoms with Gasteiger partial charge in [-0.25, -0.2) is 0 Å². The van der Waals surface area contributed by atoms with Crippen LogP contribution in [0, 0.1) is 17.8 Å². The van der Waals surface area contributed by atoms with Crippen molar-refractivity contribution in [1.29, 1.82) is 0 Å². The summed E-state index contributed by atoms with van der Waals surface area (Å²) in [5.74, 6) is -3.27. The van der Waals surface area contributed by atoms with E-state index in [1.807, 2.05) is 30.3 Å². The molecule has 1 aliphatic heterocycles. The average Bonchev–Trinajstić information content (AvgIpc) is 2.35. The number of hydrogen-bond donors (Lipinski definition) is 2. The maximum absolute atomic E-state index is 11.9. The van der Waals surface area contributed by atoms with Gasteiger partial charge in [0.2, 0.25) is 0 Å². The number of carboxylic acids is 1. The van der Waals surface area contributed by atoms with Crippen molar-refractivity contribution in [2.24, 2.45) is 23.5 Å². The van der Waals surface area contributed by atoms with E-state index in [9.17, 15) is 14.7 Å². The maximum atomic E-state index is 11.9. The highest BCUT2D eigenvalue weighted by molar-refractivity contribution is 5.85. The maximum Gasteiger partial charge on any atom is 0.312 e. The smallest absolute Gasteiger partial charge is 0.312 e. The van der Waals surface area contributed by atoms with E-state index in [0.29, 0.717) is 6.42 Å². The third-order valence-corrected chi connectivity index (χ3v) is 3.96. The summed E-state index contributed by atoms with van der Waals surface area (Å²) in [6, 6.07) is 9.50. The number of carboxylic acid groups (broad SMARTS) is 1. The fraction of sp³-hybridized carbons (Fsp3) is 0.467. The Hall–Kier alpha value is -1.59. The zero-order chi connectivity index (χ0) is 14.9. The molecule has 21 heavy (non-hydrogen) atoms. The summed E-state index contributed by atoms with van der Waals surface area (Å²) in [4.78, 5) is 23.4. The Morgan fingerprint density at radius 2 is 1.95 bits per heavy atom. The Morgan fingerprint density at radius 1 is 1.38 bits per heavy atom. The molecule has 116 valence electrons. The second-order valence-corrected chi connectivity index (χ2v) is 5.56. The first-order valence-corrected chi connectivity index (χ1v) is 6.61. The number of nitrogens with two attached hydrogens (primary N) is 1. The van der Waals surface area contributed by atoms with Gasteiger partial charge in [-0.2, -0.15) is 0 Å². The number of benzene rings is 1. The van der Waals surface area contributed by atoms with Gasteiger partial charge in [-0.15, -0.1) is 12.4 Å². The van der Waals surface area contributed by atoms with E-state index in [2.05, 4.69) is 0 Å². The third kappa shape index (κ3) is 3.54. The molecule has 0 spiro atoms. The fourth-order valence-electron chi connectivity index (χ4n) is 2.87. The monoisotopic (exact) mass is 313 g/mol. The van der Waals surface area contributed by atoms with Gasteiger partial charge in [-0.3, -0.25) is 15.3 Å². The van der Waals surface area contributed by atoms with E-state index in [-0.39, 0.29) is 18.3 Å². The molecule has 6 heteroatoms. The lowest BCUT2D eigenvalue weighted by Gasteiger charge is -2.43. The summed E-state index contributed by atoms with van der Waals surface area (Å²) in [5.41, 5.74) is 5.41. The highest BCUT2D eigenvalue weighted by atomic mass is 35.5. The second-order valence-electron chi connectivity index (χ2n) is 5.56. The lowest BCUT2D eigenvalue weighted by molar-refractivity contribution is -0.195. The van der Waals surface area contributed by atoms with Crippen LogP contribution in [0.15, 0.2) is 30.3 Å². The van der Waals surface area contributed by atoms with Crippen LogP contribution in [0.4, 0.5) is 0 Å². The molecule has 1 aromatic rings. The van der Waals surface area contributed by atoms with Gasteiger partial charge in [-0.1, -0.05) is 37.3 Å². The number of carbonyl (C=O) groups excluding carboxylic acids is 1. The molecule has 4 unspecified atom stereocenters. The molecule has 1 saturated heterocycles. The number of halogens is 1. The molecule has 1 aliphatic rings. The van der Waals surface area contributed by atoms with E-state index >= 15 is 0 Å². The largest absolute Gasteiger partial charge is 0.481 e. The Bertz CT molecular complexity index is 518. The van der Waals surface area contributed by atoms with Crippen molar-refractivity contribution in [2.75, 3.05) is 0 Å². The van der Waals surface area contributed by atoms with Crippen LogP contribution in [0.25, 0.3) is 0 Å². The van der Waals surface area contributed by atoms with Crippen LogP contribution in [-0.2, 0) is 20.7 Å². The molecule has 0 amide bonds. The summed E-state index contributed by atoms with van der Waals surface area (Å²) >= 11 is 0. The van der Waals surface area contributed by atoms with E-state index in [1.165, 1.54) is 6.92 Å². The molecule has 4 atom stereocenters. The summed E-state index contributed by atoms with van der Waals surface area (Å²) in [6.45, 7) is 3.15. The molecule has 1 fully saturated rings. The SMILES string of the molecule is CC1C(=O)OC(C)(N)C(C(=O)O)C1Cc1ccccc1.Cl. The topological polar surface area (TPSA) is 89.6 Å². The molecule has 2 rings (SSSR count). The minimum atomic E-state index is -1.48. The fourth-order valence-corrected chi connectivity index (χ4v) is 2.87. The first-order valence-electron chi connectivity index (χ1n) is 6.61. The average molecular weight is 314 g/mol. The predicted molar refractivity (Wildman–Crippen MR) is 79.9 cm³/mol. The van der Waals surface area contributed by atoms with Gasteiger partial charge in [-0.05, 0) is 24.8 Å². The zero-order valence-electron chi connectivity index (χ0n) is 12.0. The standard InChI is InChI=1S/C15H19NO4.ClH/c1-9-11(8-10-6-4-3-5-7-10)12(13(17)18)15(2,16)20-14(9)19;/h3-7,9,11-12H,8,16H2,1-2H3,(H,17,18);1H. The van der Waals surface area contributed by atoms with Gasteiger partial charge in [0.1, 0.15) is 5.92 Å². The number of cyclic esters (lactones) is 1. The lowest BCUT2D eigenvalue weighted by Crippen LogP contribution is -2.60. The predicted octanol–water partition coefficient (Wildman–Crippen LogP) is 1.84. The van der Waals surface area contributed by atoms with Gasteiger partial charge in [0, 0.05) is 0 Å². The van der Waals surface area contributed by atoms with E-state index in [4.69, 9.17) is 10.5 Å². The van der Waals surface area contributed by atoms with Crippen LogP contribution in [0.5, 0.6) is 0 Å². The van der Waals surface area contributed by atoms with E-state index < -0.39 is 29.5 Å². The Balaban J connectivity index is 0.00000220. The molecular formula is C15H20ClNO4. The van der Waals surface area contributed by atoms with Crippen LogP contribution in [-0.4, -0.2) is 22.8 Å². The van der Waals surface area contributed by atoms with E-state index in [1.54, 1.807) is 6.92 Å². The molecule has 0 radical (unpaired) electrons. The molecule has 1 aromatic carbocycles. The Morgan fingerprint density at radius 3 is 2.48 bits per heavy atom. The summed E-state index contributed by atoms with van der Waals surface area (Å²) in [7, 11) is 0. The van der Waals surface area contributed by atoms with Crippen LogP contribution in [0.1, 0.15) is 19.4 Å². The van der Waals surface area contributed by atoms with Crippen molar-refractivity contribution in [3.8, 4) is 0 Å². The minimum Gasteiger partial charge on any atom is -0.481 e.